The van der Waals surface area contributed by atoms with E-state index < -0.39 is 4.92 Å². The molecule has 0 atom stereocenters. The largest absolute Gasteiger partial charge is 0.271 e. The van der Waals surface area contributed by atoms with Gasteiger partial charge < -0.3 is 0 Å². The van der Waals surface area contributed by atoms with Crippen molar-refractivity contribution >= 4 is 39.1 Å². The number of hydrogen-bond acceptors (Lipinski definition) is 3. The number of nitro groups is 1. The van der Waals surface area contributed by atoms with E-state index in [9.17, 15) is 10.1 Å². The number of non-ortho nitro benzene ring substituents is 1. The van der Waals surface area contributed by atoms with Crippen molar-refractivity contribution in [2.24, 2.45) is 4.99 Å². The lowest BCUT2D eigenvalue weighted by Gasteiger charge is -2.07. The number of fused-ring (bicyclic) bond motifs is 2. The maximum Gasteiger partial charge on any atom is 0.271 e. The molecular formula is C21H14N2O2. The molecule has 4 rings (SSSR count). The van der Waals surface area contributed by atoms with E-state index in [2.05, 4.69) is 35.3 Å². The number of nitro benzene ring substituents is 1. The molecular weight excluding hydrogens is 312 g/mol. The van der Waals surface area contributed by atoms with Crippen molar-refractivity contribution < 1.29 is 4.92 Å². The molecule has 0 aliphatic carbocycles. The topological polar surface area (TPSA) is 55.5 Å². The maximum atomic E-state index is 10.9. The maximum absolute atomic E-state index is 10.9. The van der Waals surface area contributed by atoms with Crippen molar-refractivity contribution in [1.29, 1.82) is 0 Å². The van der Waals surface area contributed by atoms with Crippen LogP contribution in [0.5, 0.6) is 0 Å². The summed E-state index contributed by atoms with van der Waals surface area (Å²) in [7, 11) is 0. The van der Waals surface area contributed by atoms with Crippen LogP contribution in [0, 0.1) is 10.1 Å². The van der Waals surface area contributed by atoms with Gasteiger partial charge in [-0.05, 0) is 33.7 Å². The predicted molar refractivity (Wildman–Crippen MR) is 102 cm³/mol. The number of aliphatic imine (C=N–C) groups is 1. The predicted octanol–water partition coefficient (Wildman–Crippen LogP) is 5.65. The van der Waals surface area contributed by atoms with Gasteiger partial charge in [0.1, 0.15) is 0 Å². The monoisotopic (exact) mass is 326 g/mol. The van der Waals surface area contributed by atoms with E-state index in [4.69, 9.17) is 0 Å². The van der Waals surface area contributed by atoms with Gasteiger partial charge in [-0.3, -0.25) is 15.1 Å². The molecule has 0 fully saturated rings. The standard InChI is InChI=1S/C21H14N2O2/c24-23(25)18-9-5-8-17(13-18)22-14-21-19-10-3-1-6-15(19)12-16-7-2-4-11-20(16)21/h1-14H/b22-14+. The Morgan fingerprint density at radius 1 is 0.800 bits per heavy atom. The SMILES string of the molecule is O=[N+]([O-])c1cccc(/N=C/c2c3ccccc3cc3ccccc23)c1. The Labute approximate surface area is 144 Å². The van der Waals surface area contributed by atoms with E-state index in [0.29, 0.717) is 5.69 Å². The van der Waals surface area contributed by atoms with Crippen LogP contribution < -0.4 is 0 Å². The lowest BCUT2D eigenvalue weighted by Crippen LogP contribution is -1.89. The summed E-state index contributed by atoms with van der Waals surface area (Å²) in [5, 5.41) is 15.4. The summed E-state index contributed by atoms with van der Waals surface area (Å²) in [6.45, 7) is 0. The van der Waals surface area contributed by atoms with Gasteiger partial charge in [-0.15, -0.1) is 0 Å². The summed E-state index contributed by atoms with van der Waals surface area (Å²) >= 11 is 0. The molecule has 0 unspecified atom stereocenters. The molecule has 4 aromatic rings. The summed E-state index contributed by atoms with van der Waals surface area (Å²) in [6, 6.07) is 24.8. The first kappa shape index (κ1) is 15.0. The van der Waals surface area contributed by atoms with Crippen LogP contribution in [-0.2, 0) is 0 Å². The third-order valence-electron chi connectivity index (χ3n) is 4.20. The van der Waals surface area contributed by atoms with Gasteiger partial charge in [0.25, 0.3) is 5.69 Å². The zero-order valence-electron chi connectivity index (χ0n) is 13.3. The van der Waals surface area contributed by atoms with E-state index in [1.807, 2.05) is 24.3 Å². The number of rotatable bonds is 3. The Morgan fingerprint density at radius 3 is 2.08 bits per heavy atom. The molecule has 0 saturated carbocycles. The first-order chi connectivity index (χ1) is 12.2. The Balaban J connectivity index is 1.90. The third kappa shape index (κ3) is 2.85. The zero-order valence-corrected chi connectivity index (χ0v) is 13.3. The minimum Gasteiger partial charge on any atom is -0.258 e. The van der Waals surface area contributed by atoms with Gasteiger partial charge in [0.15, 0.2) is 0 Å². The highest BCUT2D eigenvalue weighted by molar-refractivity contribution is 6.13. The van der Waals surface area contributed by atoms with Gasteiger partial charge in [-0.1, -0.05) is 54.6 Å². The molecule has 0 aromatic heterocycles. The third-order valence-corrected chi connectivity index (χ3v) is 4.20. The Bertz CT molecular complexity index is 1080. The van der Waals surface area contributed by atoms with Crippen LogP contribution in [0.4, 0.5) is 11.4 Å². The fraction of sp³-hybridized carbons (Fsp3) is 0. The van der Waals surface area contributed by atoms with E-state index in [0.717, 1.165) is 27.1 Å². The Hall–Kier alpha value is -3.53. The van der Waals surface area contributed by atoms with Crippen LogP contribution in [0.3, 0.4) is 0 Å². The highest BCUT2D eigenvalue weighted by Gasteiger charge is 2.07. The van der Waals surface area contributed by atoms with Crippen molar-refractivity contribution in [3.63, 3.8) is 0 Å². The highest BCUT2D eigenvalue weighted by atomic mass is 16.6. The fourth-order valence-electron chi connectivity index (χ4n) is 3.01. The number of hydrogen-bond donors (Lipinski definition) is 0. The van der Waals surface area contributed by atoms with Crippen molar-refractivity contribution in [3.8, 4) is 0 Å². The minimum absolute atomic E-state index is 0.0393. The summed E-state index contributed by atoms with van der Waals surface area (Å²) in [6.07, 6.45) is 1.80. The highest BCUT2D eigenvalue weighted by Crippen LogP contribution is 2.28. The summed E-state index contributed by atoms with van der Waals surface area (Å²) in [5.74, 6) is 0. The molecule has 25 heavy (non-hydrogen) atoms. The molecule has 0 aliphatic rings. The van der Waals surface area contributed by atoms with E-state index in [1.54, 1.807) is 18.3 Å². The van der Waals surface area contributed by atoms with Crippen LogP contribution in [0.1, 0.15) is 5.56 Å². The van der Waals surface area contributed by atoms with Crippen molar-refractivity contribution in [2.75, 3.05) is 0 Å². The second-order valence-electron chi connectivity index (χ2n) is 5.77. The van der Waals surface area contributed by atoms with E-state index in [1.165, 1.54) is 12.1 Å². The first-order valence-corrected chi connectivity index (χ1v) is 7.91. The van der Waals surface area contributed by atoms with Crippen LogP contribution in [0.25, 0.3) is 21.5 Å². The van der Waals surface area contributed by atoms with Gasteiger partial charge in [-0.2, -0.15) is 0 Å². The lowest BCUT2D eigenvalue weighted by molar-refractivity contribution is -0.384. The lowest BCUT2D eigenvalue weighted by atomic mass is 9.97. The fourth-order valence-corrected chi connectivity index (χ4v) is 3.01. The van der Waals surface area contributed by atoms with Gasteiger partial charge >= 0.3 is 0 Å². The second kappa shape index (κ2) is 6.17. The molecule has 4 heteroatoms. The molecule has 0 N–H and O–H groups in total. The number of benzene rings is 4. The van der Waals surface area contributed by atoms with Crippen LogP contribution in [0.2, 0.25) is 0 Å². The Morgan fingerprint density at radius 2 is 1.44 bits per heavy atom. The minimum atomic E-state index is -0.410. The van der Waals surface area contributed by atoms with Crippen molar-refractivity contribution in [2.45, 2.75) is 0 Å². The van der Waals surface area contributed by atoms with E-state index in [-0.39, 0.29) is 5.69 Å². The van der Waals surface area contributed by atoms with Gasteiger partial charge in [0.2, 0.25) is 0 Å². The smallest absolute Gasteiger partial charge is 0.258 e. The molecule has 0 heterocycles. The molecule has 0 aliphatic heterocycles. The summed E-state index contributed by atoms with van der Waals surface area (Å²) in [5.41, 5.74) is 1.61. The average molecular weight is 326 g/mol. The normalized spacial score (nSPS) is 11.4. The average Bonchev–Trinajstić information content (AvgIpc) is 2.65. The summed E-state index contributed by atoms with van der Waals surface area (Å²) < 4.78 is 0. The second-order valence-corrected chi connectivity index (χ2v) is 5.77. The first-order valence-electron chi connectivity index (χ1n) is 7.91. The van der Waals surface area contributed by atoms with Gasteiger partial charge in [-0.25, -0.2) is 0 Å². The van der Waals surface area contributed by atoms with Crippen LogP contribution >= 0.6 is 0 Å². The Kier molecular flexibility index (Phi) is 3.71. The quantitative estimate of drug-likeness (QED) is 0.211. The van der Waals surface area contributed by atoms with Crippen LogP contribution in [-0.4, -0.2) is 11.1 Å². The number of nitrogens with zero attached hydrogens (tertiary/aromatic N) is 2. The molecule has 0 amide bonds. The molecule has 0 spiro atoms. The molecule has 120 valence electrons. The van der Waals surface area contributed by atoms with Crippen LogP contribution in [0.15, 0.2) is 83.9 Å². The van der Waals surface area contributed by atoms with Crippen molar-refractivity contribution in [3.05, 3.63) is 94.5 Å². The molecule has 0 radical (unpaired) electrons. The molecule has 0 saturated heterocycles. The summed E-state index contributed by atoms with van der Waals surface area (Å²) in [4.78, 5) is 15.0. The molecule has 0 bridgehead atoms. The zero-order chi connectivity index (χ0) is 17.2. The van der Waals surface area contributed by atoms with Gasteiger partial charge in [0, 0.05) is 23.9 Å². The van der Waals surface area contributed by atoms with Gasteiger partial charge in [0.05, 0.1) is 10.6 Å². The van der Waals surface area contributed by atoms with E-state index >= 15 is 0 Å². The molecule has 4 nitrogen and oxygen atoms in total. The van der Waals surface area contributed by atoms with Crippen molar-refractivity contribution in [1.82, 2.24) is 0 Å². The molecule has 4 aromatic carbocycles.